The number of benzene rings is 1. The highest BCUT2D eigenvalue weighted by molar-refractivity contribution is 14.0. The van der Waals surface area contributed by atoms with Crippen LogP contribution in [0.3, 0.4) is 0 Å². The van der Waals surface area contributed by atoms with Crippen LogP contribution < -0.4 is 10.6 Å². The predicted octanol–water partition coefficient (Wildman–Crippen LogP) is 4.47. The van der Waals surface area contributed by atoms with Crippen molar-refractivity contribution >= 4 is 41.3 Å². The van der Waals surface area contributed by atoms with E-state index in [0.717, 1.165) is 25.7 Å². The molecule has 25 heavy (non-hydrogen) atoms. The number of hydrogen-bond acceptors (Lipinski definition) is 3. The summed E-state index contributed by atoms with van der Waals surface area (Å²) in [6, 6.07) is 10.5. The molecule has 1 aromatic carbocycles. The van der Waals surface area contributed by atoms with Crippen LogP contribution in [0.2, 0.25) is 0 Å². The molecule has 0 bridgehead atoms. The Morgan fingerprint density at radius 1 is 1.12 bits per heavy atom. The average molecular weight is 473 g/mol. The molecule has 0 saturated carbocycles. The molecule has 0 aliphatic heterocycles. The third-order valence-electron chi connectivity index (χ3n) is 3.72. The average Bonchev–Trinajstić information content (AvgIpc) is 3.01. The van der Waals surface area contributed by atoms with Gasteiger partial charge in [0.15, 0.2) is 5.96 Å². The van der Waals surface area contributed by atoms with E-state index in [2.05, 4.69) is 54.1 Å². The smallest absolute Gasteiger partial charge is 0.191 e. The van der Waals surface area contributed by atoms with Crippen molar-refractivity contribution in [1.29, 1.82) is 0 Å². The van der Waals surface area contributed by atoms with Gasteiger partial charge >= 0.3 is 0 Å². The molecule has 2 rings (SSSR count). The van der Waals surface area contributed by atoms with Gasteiger partial charge in [-0.05, 0) is 48.9 Å². The SMILES string of the molecule is CCNC(=NCc1ccccc1COCC)NCc1sccc1C.I. The minimum Gasteiger partial charge on any atom is -0.377 e. The molecule has 2 N–H and O–H groups in total. The van der Waals surface area contributed by atoms with Crippen LogP contribution in [-0.4, -0.2) is 19.1 Å². The molecule has 0 spiro atoms. The van der Waals surface area contributed by atoms with Crippen molar-refractivity contribution in [2.24, 2.45) is 4.99 Å². The maximum atomic E-state index is 5.55. The van der Waals surface area contributed by atoms with Gasteiger partial charge in [-0.15, -0.1) is 35.3 Å². The standard InChI is InChI=1S/C19H27N3OS.HI/c1-4-20-19(22-13-18-15(3)10-11-24-18)21-12-16-8-6-7-9-17(16)14-23-5-2;/h6-11H,4-5,12-14H2,1-3H3,(H2,20,21,22);1H. The zero-order valence-corrected chi connectivity index (χ0v) is 18.3. The fraction of sp³-hybridized carbons (Fsp3) is 0.421. The van der Waals surface area contributed by atoms with Gasteiger partial charge in [0.05, 0.1) is 19.7 Å². The van der Waals surface area contributed by atoms with E-state index in [0.29, 0.717) is 13.2 Å². The summed E-state index contributed by atoms with van der Waals surface area (Å²) in [6.45, 7) is 9.88. The van der Waals surface area contributed by atoms with Gasteiger partial charge in [0.25, 0.3) is 0 Å². The first-order chi connectivity index (χ1) is 11.7. The zero-order valence-electron chi connectivity index (χ0n) is 15.2. The van der Waals surface area contributed by atoms with Crippen molar-refractivity contribution in [3.05, 3.63) is 57.3 Å². The van der Waals surface area contributed by atoms with Crippen molar-refractivity contribution in [3.8, 4) is 0 Å². The van der Waals surface area contributed by atoms with Gasteiger partial charge < -0.3 is 15.4 Å². The minimum atomic E-state index is 0. The molecule has 2 aromatic rings. The molecule has 6 heteroatoms. The lowest BCUT2D eigenvalue weighted by molar-refractivity contribution is 0.133. The van der Waals surface area contributed by atoms with Crippen LogP contribution >= 0.6 is 35.3 Å². The van der Waals surface area contributed by atoms with Crippen LogP contribution in [0.4, 0.5) is 0 Å². The molecule has 1 aromatic heterocycles. The third kappa shape index (κ3) is 7.33. The number of ether oxygens (including phenoxy) is 1. The molecule has 0 radical (unpaired) electrons. The summed E-state index contributed by atoms with van der Waals surface area (Å²) < 4.78 is 5.55. The fourth-order valence-corrected chi connectivity index (χ4v) is 3.17. The van der Waals surface area contributed by atoms with Crippen LogP contribution in [0, 0.1) is 6.92 Å². The summed E-state index contributed by atoms with van der Waals surface area (Å²) in [5, 5.41) is 8.85. The Balaban J connectivity index is 0.00000312. The molecule has 138 valence electrons. The molecule has 0 saturated heterocycles. The lowest BCUT2D eigenvalue weighted by atomic mass is 10.1. The van der Waals surface area contributed by atoms with E-state index < -0.39 is 0 Å². The zero-order chi connectivity index (χ0) is 17.2. The summed E-state index contributed by atoms with van der Waals surface area (Å²) in [5.74, 6) is 0.844. The van der Waals surface area contributed by atoms with Crippen LogP contribution in [0.15, 0.2) is 40.7 Å². The second-order valence-electron chi connectivity index (χ2n) is 5.48. The van der Waals surface area contributed by atoms with Crippen LogP contribution in [-0.2, 0) is 24.4 Å². The van der Waals surface area contributed by atoms with Gasteiger partial charge in [0.1, 0.15) is 0 Å². The number of aliphatic imine (C=N–C) groups is 1. The highest BCUT2D eigenvalue weighted by atomic mass is 127. The maximum absolute atomic E-state index is 5.55. The highest BCUT2D eigenvalue weighted by Crippen LogP contribution is 2.15. The van der Waals surface area contributed by atoms with Crippen LogP contribution in [0.5, 0.6) is 0 Å². The summed E-state index contributed by atoms with van der Waals surface area (Å²) in [7, 11) is 0. The first-order valence-electron chi connectivity index (χ1n) is 8.44. The van der Waals surface area contributed by atoms with E-state index >= 15 is 0 Å². The Labute approximate surface area is 172 Å². The van der Waals surface area contributed by atoms with Crippen molar-refractivity contribution in [2.75, 3.05) is 13.2 Å². The van der Waals surface area contributed by atoms with Gasteiger partial charge in [-0.25, -0.2) is 4.99 Å². The first kappa shape index (κ1) is 21.9. The minimum absolute atomic E-state index is 0. The normalized spacial score (nSPS) is 11.1. The topological polar surface area (TPSA) is 45.7 Å². The Morgan fingerprint density at radius 3 is 2.52 bits per heavy atom. The Bertz CT molecular complexity index is 658. The molecule has 0 aliphatic carbocycles. The van der Waals surface area contributed by atoms with E-state index in [1.54, 1.807) is 11.3 Å². The van der Waals surface area contributed by atoms with E-state index in [1.165, 1.54) is 21.6 Å². The van der Waals surface area contributed by atoms with Gasteiger partial charge in [-0.3, -0.25) is 0 Å². The Morgan fingerprint density at radius 2 is 1.88 bits per heavy atom. The highest BCUT2D eigenvalue weighted by Gasteiger charge is 2.04. The second-order valence-corrected chi connectivity index (χ2v) is 6.48. The predicted molar refractivity (Wildman–Crippen MR) is 118 cm³/mol. The lowest BCUT2D eigenvalue weighted by Gasteiger charge is -2.12. The largest absolute Gasteiger partial charge is 0.377 e. The number of nitrogens with zero attached hydrogens (tertiary/aromatic N) is 1. The van der Waals surface area contributed by atoms with Crippen molar-refractivity contribution in [2.45, 2.75) is 40.5 Å². The molecular weight excluding hydrogens is 445 g/mol. The van der Waals surface area contributed by atoms with Gasteiger partial charge in [0, 0.05) is 18.0 Å². The molecule has 0 atom stereocenters. The number of aryl methyl sites for hydroxylation is 1. The molecule has 0 amide bonds. The Hall–Kier alpha value is -1.12. The van der Waals surface area contributed by atoms with Gasteiger partial charge in [0.2, 0.25) is 0 Å². The number of nitrogens with one attached hydrogen (secondary N) is 2. The number of thiophene rings is 1. The number of hydrogen-bond donors (Lipinski definition) is 2. The third-order valence-corrected chi connectivity index (χ3v) is 4.74. The summed E-state index contributed by atoms with van der Waals surface area (Å²) in [6.07, 6.45) is 0. The fourth-order valence-electron chi connectivity index (χ4n) is 2.32. The van der Waals surface area contributed by atoms with E-state index in [-0.39, 0.29) is 24.0 Å². The number of rotatable bonds is 8. The summed E-state index contributed by atoms with van der Waals surface area (Å²) >= 11 is 1.77. The van der Waals surface area contributed by atoms with Gasteiger partial charge in [-0.2, -0.15) is 0 Å². The molecule has 0 unspecified atom stereocenters. The van der Waals surface area contributed by atoms with E-state index in [9.17, 15) is 0 Å². The number of guanidine groups is 1. The number of halogens is 1. The summed E-state index contributed by atoms with van der Waals surface area (Å²) in [5.41, 5.74) is 3.73. The lowest BCUT2D eigenvalue weighted by Crippen LogP contribution is -2.36. The van der Waals surface area contributed by atoms with Crippen molar-refractivity contribution in [3.63, 3.8) is 0 Å². The van der Waals surface area contributed by atoms with Crippen molar-refractivity contribution < 1.29 is 4.74 Å². The second kappa shape index (κ2) is 12.3. The van der Waals surface area contributed by atoms with E-state index in [4.69, 9.17) is 9.73 Å². The summed E-state index contributed by atoms with van der Waals surface area (Å²) in [4.78, 5) is 6.07. The quantitative estimate of drug-likeness (QED) is 0.338. The first-order valence-corrected chi connectivity index (χ1v) is 9.32. The molecule has 0 aliphatic rings. The van der Waals surface area contributed by atoms with Gasteiger partial charge in [-0.1, -0.05) is 24.3 Å². The monoisotopic (exact) mass is 473 g/mol. The molecular formula is C19H28IN3OS. The molecule has 4 nitrogen and oxygen atoms in total. The van der Waals surface area contributed by atoms with Crippen molar-refractivity contribution in [1.82, 2.24) is 10.6 Å². The Kier molecular flexibility index (Phi) is 10.8. The molecule has 1 heterocycles. The van der Waals surface area contributed by atoms with E-state index in [1.807, 2.05) is 13.0 Å². The molecule has 0 fully saturated rings. The van der Waals surface area contributed by atoms with Crippen LogP contribution in [0.25, 0.3) is 0 Å². The van der Waals surface area contributed by atoms with Crippen LogP contribution in [0.1, 0.15) is 35.4 Å². The maximum Gasteiger partial charge on any atom is 0.191 e.